The minimum Gasteiger partial charge on any atom is -0.260 e. The van der Waals surface area contributed by atoms with Gasteiger partial charge in [-0.2, -0.15) is 8.42 Å². The minimum atomic E-state index is -5.17. The molecule has 0 heterocycles. The van der Waals surface area contributed by atoms with Crippen molar-refractivity contribution in [3.05, 3.63) is 0 Å². The van der Waals surface area contributed by atoms with Crippen molar-refractivity contribution in [1.29, 1.82) is 0 Å². The summed E-state index contributed by atoms with van der Waals surface area (Å²) in [5.41, 5.74) is 0. The average Bonchev–Trinajstić information content (AvgIpc) is 0.722. The van der Waals surface area contributed by atoms with Gasteiger partial charge in [-0.15, -0.1) is 0 Å². The van der Waals surface area contributed by atoms with Gasteiger partial charge in [-0.05, 0) is 0 Å². The van der Waals surface area contributed by atoms with E-state index in [2.05, 4.69) is 0 Å². The van der Waals surface area contributed by atoms with E-state index in [1.54, 1.807) is 0 Å². The average molecular weight is 123 g/mol. The molecule has 0 aromatic carbocycles. The van der Waals surface area contributed by atoms with E-state index in [9.17, 15) is 3.89 Å². The second-order valence-electron chi connectivity index (χ2n) is 0.412. The summed E-state index contributed by atoms with van der Waals surface area (Å²) < 4.78 is 34.1. The molecule has 0 bridgehead atoms. The molecule has 1 N–H and O–H groups in total. The number of hydrogen-bond acceptors (Lipinski definition) is 2. The summed E-state index contributed by atoms with van der Waals surface area (Å²) in [5, 5.41) is 0. The van der Waals surface area contributed by atoms with Crippen LogP contribution in [-0.2, 0) is 10.5 Å². The quantitative estimate of drug-likeness (QED) is 0.209. The fraction of sp³-hybridized carbons (Fsp3) is 0. The van der Waals surface area contributed by atoms with Gasteiger partial charge in [0.05, 0.1) is 0 Å². The molecule has 0 spiro atoms. The van der Waals surface area contributed by atoms with Gasteiger partial charge in [-0.3, -0.25) is 4.55 Å². The van der Waals surface area contributed by atoms with Gasteiger partial charge in [0.2, 0.25) is 0 Å². The topological polar surface area (TPSA) is 54.4 Å². The van der Waals surface area contributed by atoms with E-state index in [1.165, 1.54) is 0 Å². The second kappa shape index (κ2) is 2.92. The monoisotopic (exact) mass is 123 g/mol. The Bertz CT molecular complexity index is 94.0. The van der Waals surface area contributed by atoms with Crippen LogP contribution in [0.2, 0.25) is 0 Å². The molecule has 0 saturated heterocycles. The Morgan fingerprint density at radius 2 is 1.50 bits per heavy atom. The van der Waals surface area contributed by atoms with Crippen molar-refractivity contribution in [2.75, 3.05) is 0 Å². The molecule has 0 aliphatic rings. The van der Waals surface area contributed by atoms with Crippen molar-refractivity contribution >= 4 is 10.5 Å². The van der Waals surface area contributed by atoms with E-state index >= 15 is 0 Å². The standard InChI is InChI=1S/FHO3S.Na/c1-5(2,3)4;/h(H,2,3,4);/q;+1. The van der Waals surface area contributed by atoms with Crippen molar-refractivity contribution in [2.45, 2.75) is 0 Å². The van der Waals surface area contributed by atoms with Gasteiger partial charge in [0.15, 0.2) is 0 Å². The van der Waals surface area contributed by atoms with Gasteiger partial charge in [0, 0.05) is 0 Å². The maximum absolute atomic E-state index is 10.2. The van der Waals surface area contributed by atoms with Crippen LogP contribution >= 0.6 is 0 Å². The number of halogens is 1. The first-order valence-electron chi connectivity index (χ1n) is 0.670. The van der Waals surface area contributed by atoms with Gasteiger partial charge >= 0.3 is 40.1 Å². The summed E-state index contributed by atoms with van der Waals surface area (Å²) >= 11 is 0. The molecule has 0 atom stereocenters. The molecule has 0 aliphatic carbocycles. The van der Waals surface area contributed by atoms with Gasteiger partial charge in [-0.1, -0.05) is 3.89 Å². The maximum Gasteiger partial charge on any atom is 1.00 e. The summed E-state index contributed by atoms with van der Waals surface area (Å²) in [6, 6.07) is 0. The Kier molecular flexibility index (Phi) is 4.85. The van der Waals surface area contributed by atoms with Crippen LogP contribution in [0.3, 0.4) is 0 Å². The Balaban J connectivity index is 0. The van der Waals surface area contributed by atoms with Crippen LogP contribution in [0.25, 0.3) is 0 Å². The molecule has 0 aromatic rings. The normalized spacial score (nSPS) is 9.67. The minimum absolute atomic E-state index is 0. The zero-order chi connectivity index (χ0) is 4.50. The Labute approximate surface area is 56.9 Å². The molecule has 0 aromatic heterocycles. The fourth-order valence-electron chi connectivity index (χ4n) is 0. The Hall–Kier alpha value is 0.840. The van der Waals surface area contributed by atoms with Gasteiger partial charge in [-0.25, -0.2) is 0 Å². The summed E-state index contributed by atoms with van der Waals surface area (Å²) in [5.74, 6) is 0. The van der Waals surface area contributed by atoms with Gasteiger partial charge in [0.25, 0.3) is 0 Å². The molecule has 0 amide bonds. The smallest absolute Gasteiger partial charge is 0.260 e. The van der Waals surface area contributed by atoms with Crippen molar-refractivity contribution in [3.8, 4) is 0 Å². The molecule has 0 rings (SSSR count). The third kappa shape index (κ3) is 101. The van der Waals surface area contributed by atoms with Crippen LogP contribution < -0.4 is 29.6 Å². The van der Waals surface area contributed by atoms with Crippen molar-refractivity contribution in [2.24, 2.45) is 0 Å². The first-order valence-corrected chi connectivity index (χ1v) is 2.01. The Morgan fingerprint density at radius 1 is 1.50 bits per heavy atom. The third-order valence-corrected chi connectivity index (χ3v) is 0. The van der Waals surface area contributed by atoms with Crippen molar-refractivity contribution in [3.63, 3.8) is 0 Å². The molecule has 0 saturated carbocycles. The fourth-order valence-corrected chi connectivity index (χ4v) is 0. The molecule has 0 aliphatic heterocycles. The largest absolute Gasteiger partial charge is 1.00 e. The molecule has 32 valence electrons. The summed E-state index contributed by atoms with van der Waals surface area (Å²) in [4.78, 5) is 0. The van der Waals surface area contributed by atoms with Crippen LogP contribution in [0.1, 0.15) is 0 Å². The predicted octanol–water partition coefficient (Wildman–Crippen LogP) is -3.24. The first kappa shape index (κ1) is 9.96. The van der Waals surface area contributed by atoms with E-state index < -0.39 is 10.5 Å². The van der Waals surface area contributed by atoms with Gasteiger partial charge in [0.1, 0.15) is 0 Å². The molecule has 0 unspecified atom stereocenters. The van der Waals surface area contributed by atoms with Gasteiger partial charge < -0.3 is 0 Å². The number of rotatable bonds is 0. The van der Waals surface area contributed by atoms with E-state index in [4.69, 9.17) is 13.0 Å². The molecule has 0 radical (unpaired) electrons. The summed E-state index contributed by atoms with van der Waals surface area (Å²) in [6.07, 6.45) is 0. The number of hydrogen-bond donors (Lipinski definition) is 1. The van der Waals surface area contributed by atoms with Crippen molar-refractivity contribution < 1.29 is 46.4 Å². The SMILES string of the molecule is O=S(=O)(O)F.[Na+]. The van der Waals surface area contributed by atoms with E-state index in [0.717, 1.165) is 0 Å². The zero-order valence-corrected chi connectivity index (χ0v) is 5.87. The van der Waals surface area contributed by atoms with E-state index in [-0.39, 0.29) is 29.6 Å². The molecular weight excluding hydrogens is 122 g/mol. The third-order valence-electron chi connectivity index (χ3n) is 0. The first-order chi connectivity index (χ1) is 2.00. The second-order valence-corrected chi connectivity index (χ2v) is 1.24. The van der Waals surface area contributed by atoms with E-state index in [1.807, 2.05) is 0 Å². The van der Waals surface area contributed by atoms with E-state index in [0.29, 0.717) is 0 Å². The predicted molar refractivity (Wildman–Crippen MR) is 12.7 cm³/mol. The molecular formula is HFNaO3S+. The summed E-state index contributed by atoms with van der Waals surface area (Å²) in [6.45, 7) is 0. The van der Waals surface area contributed by atoms with Crippen LogP contribution in [0.15, 0.2) is 0 Å². The van der Waals surface area contributed by atoms with Crippen LogP contribution in [0.4, 0.5) is 3.89 Å². The van der Waals surface area contributed by atoms with Crippen LogP contribution in [0.5, 0.6) is 0 Å². The summed E-state index contributed by atoms with van der Waals surface area (Å²) in [7, 11) is -5.17. The van der Waals surface area contributed by atoms with Crippen molar-refractivity contribution in [1.82, 2.24) is 0 Å². The molecule has 6 heavy (non-hydrogen) atoms. The molecule has 0 fully saturated rings. The van der Waals surface area contributed by atoms with Crippen LogP contribution in [0, 0.1) is 0 Å². The van der Waals surface area contributed by atoms with Crippen LogP contribution in [-0.4, -0.2) is 13.0 Å². The zero-order valence-electron chi connectivity index (χ0n) is 3.05. The molecule has 6 heteroatoms. The Morgan fingerprint density at radius 3 is 1.50 bits per heavy atom. The molecule has 3 nitrogen and oxygen atoms in total. The maximum atomic E-state index is 10.2.